The SMILES string of the molecule is COc1cc(C(=O)O)ccc1NSc1ccc(-c2ccc(C3CCCCC3)cc2)cc1OC(F)(F)F. The molecule has 0 spiro atoms. The molecule has 36 heavy (non-hydrogen) atoms. The fraction of sp³-hybridized carbons (Fsp3) is 0.296. The number of methoxy groups -OCH3 is 1. The Hall–Kier alpha value is -3.33. The monoisotopic (exact) mass is 517 g/mol. The van der Waals surface area contributed by atoms with E-state index in [2.05, 4.69) is 21.6 Å². The van der Waals surface area contributed by atoms with Gasteiger partial charge in [0.15, 0.2) is 0 Å². The van der Waals surface area contributed by atoms with E-state index >= 15 is 0 Å². The molecule has 2 N–H and O–H groups in total. The highest BCUT2D eigenvalue weighted by molar-refractivity contribution is 8.00. The molecule has 0 bridgehead atoms. The summed E-state index contributed by atoms with van der Waals surface area (Å²) in [5, 5.41) is 9.15. The van der Waals surface area contributed by atoms with Gasteiger partial charge in [0.2, 0.25) is 0 Å². The molecule has 0 aliphatic heterocycles. The molecule has 0 saturated heterocycles. The third-order valence-electron chi connectivity index (χ3n) is 6.21. The first-order valence-corrected chi connectivity index (χ1v) is 12.4. The predicted octanol–water partition coefficient (Wildman–Crippen LogP) is 8.13. The van der Waals surface area contributed by atoms with Crippen LogP contribution in [0.15, 0.2) is 65.6 Å². The van der Waals surface area contributed by atoms with Crippen molar-refractivity contribution in [1.29, 1.82) is 0 Å². The zero-order valence-corrected chi connectivity index (χ0v) is 20.4. The Morgan fingerprint density at radius 2 is 1.64 bits per heavy atom. The number of anilines is 1. The number of nitrogens with one attached hydrogen (secondary N) is 1. The van der Waals surface area contributed by atoms with Gasteiger partial charge < -0.3 is 19.3 Å². The van der Waals surface area contributed by atoms with E-state index in [4.69, 9.17) is 9.84 Å². The van der Waals surface area contributed by atoms with E-state index in [9.17, 15) is 18.0 Å². The lowest BCUT2D eigenvalue weighted by atomic mass is 9.84. The van der Waals surface area contributed by atoms with Gasteiger partial charge in [-0.1, -0.05) is 49.6 Å². The standard InChI is InChI=1S/C27H26F3NO4S/c1-34-23-16-21(26(32)33)11-13-22(23)31-36-25-14-12-20(15-24(25)35-27(28,29)30)19-9-7-18(8-10-19)17-5-3-2-4-6-17/h7-17,31H,2-6H2,1H3,(H,32,33). The molecule has 0 amide bonds. The molecule has 1 fully saturated rings. The van der Waals surface area contributed by atoms with Gasteiger partial charge in [-0.25, -0.2) is 4.79 Å². The fourth-order valence-electron chi connectivity index (χ4n) is 4.38. The Bertz CT molecular complexity index is 1210. The highest BCUT2D eigenvalue weighted by atomic mass is 32.2. The number of carboxylic acid groups (broad SMARTS) is 1. The summed E-state index contributed by atoms with van der Waals surface area (Å²) in [6.45, 7) is 0. The topological polar surface area (TPSA) is 67.8 Å². The molecule has 9 heteroatoms. The number of aromatic carboxylic acids is 1. The van der Waals surface area contributed by atoms with E-state index in [0.29, 0.717) is 17.2 Å². The van der Waals surface area contributed by atoms with Crippen molar-refractivity contribution in [2.75, 3.05) is 11.8 Å². The summed E-state index contributed by atoms with van der Waals surface area (Å²) in [7, 11) is 1.38. The first kappa shape index (κ1) is 25.8. The molecule has 0 heterocycles. The Morgan fingerprint density at radius 1 is 0.944 bits per heavy atom. The highest BCUT2D eigenvalue weighted by Gasteiger charge is 2.32. The van der Waals surface area contributed by atoms with Gasteiger partial charge in [0.05, 0.1) is 23.3 Å². The number of rotatable bonds is 8. The third kappa shape index (κ3) is 6.46. The van der Waals surface area contributed by atoms with Crippen LogP contribution < -0.4 is 14.2 Å². The Labute approximate surface area is 211 Å². The van der Waals surface area contributed by atoms with Gasteiger partial charge in [-0.3, -0.25) is 0 Å². The smallest absolute Gasteiger partial charge is 0.495 e. The maximum atomic E-state index is 13.2. The fourth-order valence-corrected chi connectivity index (χ4v) is 5.10. The van der Waals surface area contributed by atoms with Crippen LogP contribution in [0, 0.1) is 0 Å². The van der Waals surface area contributed by atoms with E-state index in [0.717, 1.165) is 17.5 Å². The number of benzene rings is 3. The maximum Gasteiger partial charge on any atom is 0.573 e. The summed E-state index contributed by atoms with van der Waals surface area (Å²) in [6.07, 6.45) is 1.22. The van der Waals surface area contributed by atoms with Crippen molar-refractivity contribution in [2.45, 2.75) is 49.3 Å². The van der Waals surface area contributed by atoms with Gasteiger partial charge in [-0.05, 0) is 77.7 Å². The molecule has 190 valence electrons. The van der Waals surface area contributed by atoms with Crippen molar-refractivity contribution in [2.24, 2.45) is 0 Å². The van der Waals surface area contributed by atoms with Crippen molar-refractivity contribution >= 4 is 23.6 Å². The number of ether oxygens (including phenoxy) is 2. The van der Waals surface area contributed by atoms with Gasteiger partial charge >= 0.3 is 12.3 Å². The average Bonchev–Trinajstić information content (AvgIpc) is 2.87. The minimum atomic E-state index is -4.86. The largest absolute Gasteiger partial charge is 0.573 e. The summed E-state index contributed by atoms with van der Waals surface area (Å²) in [4.78, 5) is 11.4. The lowest BCUT2D eigenvalue weighted by Gasteiger charge is -2.22. The molecular weight excluding hydrogens is 491 g/mol. The van der Waals surface area contributed by atoms with Crippen LogP contribution in [-0.4, -0.2) is 24.5 Å². The zero-order valence-electron chi connectivity index (χ0n) is 19.6. The number of hydrogen-bond acceptors (Lipinski definition) is 5. The second-order valence-corrected chi connectivity index (χ2v) is 9.44. The van der Waals surface area contributed by atoms with Gasteiger partial charge in [0.1, 0.15) is 11.5 Å². The van der Waals surface area contributed by atoms with Crippen molar-refractivity contribution < 1.29 is 32.5 Å². The van der Waals surface area contributed by atoms with Crippen LogP contribution in [0.5, 0.6) is 11.5 Å². The minimum Gasteiger partial charge on any atom is -0.495 e. The molecule has 3 aromatic carbocycles. The van der Waals surface area contributed by atoms with Crippen molar-refractivity contribution in [3.05, 3.63) is 71.8 Å². The first-order valence-electron chi connectivity index (χ1n) is 11.6. The second-order valence-electron chi connectivity index (χ2n) is 8.59. The van der Waals surface area contributed by atoms with Crippen LogP contribution in [0.3, 0.4) is 0 Å². The summed E-state index contributed by atoms with van der Waals surface area (Å²) >= 11 is 0.907. The van der Waals surface area contributed by atoms with Crippen LogP contribution in [0.25, 0.3) is 11.1 Å². The molecule has 1 saturated carbocycles. The third-order valence-corrected chi connectivity index (χ3v) is 7.09. The van der Waals surface area contributed by atoms with Crippen LogP contribution in [0.4, 0.5) is 18.9 Å². The molecule has 4 rings (SSSR count). The summed E-state index contributed by atoms with van der Waals surface area (Å²) in [6, 6.07) is 16.9. The number of halogens is 3. The van der Waals surface area contributed by atoms with Crippen LogP contribution in [0.2, 0.25) is 0 Å². The Morgan fingerprint density at radius 3 is 2.28 bits per heavy atom. The van der Waals surface area contributed by atoms with Crippen LogP contribution in [0.1, 0.15) is 53.9 Å². The minimum absolute atomic E-state index is 0.0300. The normalized spacial score (nSPS) is 14.3. The lowest BCUT2D eigenvalue weighted by molar-refractivity contribution is -0.275. The number of carboxylic acids is 1. The summed E-state index contributed by atoms with van der Waals surface area (Å²) in [5.41, 5.74) is 3.12. The van der Waals surface area contributed by atoms with Gasteiger partial charge in [-0.2, -0.15) is 0 Å². The van der Waals surface area contributed by atoms with Crippen LogP contribution in [-0.2, 0) is 0 Å². The lowest BCUT2D eigenvalue weighted by Crippen LogP contribution is -2.17. The van der Waals surface area contributed by atoms with Crippen molar-refractivity contribution in [3.63, 3.8) is 0 Å². The quantitative estimate of drug-likeness (QED) is 0.294. The van der Waals surface area contributed by atoms with Gasteiger partial charge in [-0.15, -0.1) is 13.2 Å². The molecule has 0 unspecified atom stereocenters. The van der Waals surface area contributed by atoms with E-state index < -0.39 is 12.3 Å². The molecule has 0 radical (unpaired) electrons. The van der Waals surface area contributed by atoms with Crippen molar-refractivity contribution in [1.82, 2.24) is 0 Å². The molecule has 1 aliphatic rings. The summed E-state index contributed by atoms with van der Waals surface area (Å²) in [5.74, 6) is -0.663. The Balaban J connectivity index is 1.56. The Kier molecular flexibility index (Phi) is 7.98. The number of hydrogen-bond donors (Lipinski definition) is 2. The van der Waals surface area contributed by atoms with E-state index in [1.807, 2.05) is 12.1 Å². The van der Waals surface area contributed by atoms with Gasteiger partial charge in [0, 0.05) is 0 Å². The van der Waals surface area contributed by atoms with E-state index in [1.54, 1.807) is 12.1 Å². The van der Waals surface area contributed by atoms with E-state index in [1.165, 1.54) is 69.0 Å². The maximum absolute atomic E-state index is 13.2. The summed E-state index contributed by atoms with van der Waals surface area (Å²) < 4.78 is 52.0. The second kappa shape index (κ2) is 11.2. The predicted molar refractivity (Wildman–Crippen MR) is 134 cm³/mol. The molecule has 0 atom stereocenters. The number of carbonyl (C=O) groups is 1. The molecule has 5 nitrogen and oxygen atoms in total. The number of alkyl halides is 3. The zero-order chi connectivity index (χ0) is 25.7. The molecule has 0 aromatic heterocycles. The molecular formula is C27H26F3NO4S. The molecule has 3 aromatic rings. The average molecular weight is 518 g/mol. The van der Waals surface area contributed by atoms with Crippen LogP contribution >= 0.6 is 11.9 Å². The van der Waals surface area contributed by atoms with Gasteiger partial charge in [0.25, 0.3) is 0 Å². The van der Waals surface area contributed by atoms with Crippen molar-refractivity contribution in [3.8, 4) is 22.6 Å². The highest BCUT2D eigenvalue weighted by Crippen LogP contribution is 2.39. The first-order chi connectivity index (χ1) is 17.2. The molecule has 1 aliphatic carbocycles. The van der Waals surface area contributed by atoms with E-state index in [-0.39, 0.29) is 22.0 Å².